The van der Waals surface area contributed by atoms with Crippen LogP contribution in [-0.4, -0.2) is 51.1 Å². The molecule has 1 aromatic carbocycles. The lowest BCUT2D eigenvalue weighted by atomic mass is 9.97. The highest BCUT2D eigenvalue weighted by Gasteiger charge is 2.32. The number of piperidine rings is 1. The monoisotopic (exact) mass is 442 g/mol. The van der Waals surface area contributed by atoms with Gasteiger partial charge in [0, 0.05) is 18.7 Å². The number of fused-ring (bicyclic) bond motifs is 1. The third kappa shape index (κ3) is 4.19. The van der Waals surface area contributed by atoms with E-state index in [1.807, 2.05) is 19.1 Å². The standard InChI is InChI=1S/C23H24F2N4O3/c1-3-32-23(31)16-5-4-10-28(13-16)22(30)17-12-26-29-19(20(24)25)11-18(27-21(17)29)15-8-6-14(2)7-9-15/h6-9,11-12,16,20H,3-5,10,13H2,1-2H3/t16-/m1/s1. The number of amides is 1. The second kappa shape index (κ2) is 9.02. The molecule has 1 fully saturated rings. The topological polar surface area (TPSA) is 76.8 Å². The molecule has 1 saturated heterocycles. The van der Waals surface area contributed by atoms with E-state index in [0.717, 1.165) is 10.1 Å². The van der Waals surface area contributed by atoms with Crippen molar-refractivity contribution in [3.8, 4) is 11.3 Å². The van der Waals surface area contributed by atoms with Gasteiger partial charge in [-0.1, -0.05) is 29.8 Å². The molecule has 4 rings (SSSR count). The Hall–Kier alpha value is -3.36. The van der Waals surface area contributed by atoms with Crippen LogP contribution in [0.5, 0.6) is 0 Å². The Bertz CT molecular complexity index is 1140. The van der Waals surface area contributed by atoms with Crippen molar-refractivity contribution < 1.29 is 23.1 Å². The highest BCUT2D eigenvalue weighted by atomic mass is 19.3. The summed E-state index contributed by atoms with van der Waals surface area (Å²) in [5.41, 5.74) is 1.90. The Morgan fingerprint density at radius 1 is 1.25 bits per heavy atom. The molecule has 0 N–H and O–H groups in total. The summed E-state index contributed by atoms with van der Waals surface area (Å²) >= 11 is 0. The Labute approximate surface area is 184 Å². The van der Waals surface area contributed by atoms with Gasteiger partial charge < -0.3 is 9.64 Å². The van der Waals surface area contributed by atoms with Crippen LogP contribution in [-0.2, 0) is 9.53 Å². The van der Waals surface area contributed by atoms with Gasteiger partial charge >= 0.3 is 5.97 Å². The molecule has 1 atom stereocenters. The van der Waals surface area contributed by atoms with Gasteiger partial charge in [-0.25, -0.2) is 18.3 Å². The van der Waals surface area contributed by atoms with E-state index in [0.29, 0.717) is 30.6 Å². The van der Waals surface area contributed by atoms with Gasteiger partial charge in [-0.15, -0.1) is 0 Å². The van der Waals surface area contributed by atoms with Crippen molar-refractivity contribution >= 4 is 17.5 Å². The van der Waals surface area contributed by atoms with Crippen molar-refractivity contribution in [1.29, 1.82) is 0 Å². The lowest BCUT2D eigenvalue weighted by Gasteiger charge is -2.31. The molecular weight excluding hydrogens is 418 g/mol. The molecule has 1 amide bonds. The quantitative estimate of drug-likeness (QED) is 0.557. The van der Waals surface area contributed by atoms with Crippen LogP contribution in [0.2, 0.25) is 0 Å². The summed E-state index contributed by atoms with van der Waals surface area (Å²) in [5.74, 6) is -1.12. The Morgan fingerprint density at radius 3 is 2.69 bits per heavy atom. The summed E-state index contributed by atoms with van der Waals surface area (Å²) in [5, 5.41) is 4.02. The molecule has 0 aliphatic carbocycles. The first-order valence-electron chi connectivity index (χ1n) is 10.6. The number of halogens is 2. The van der Waals surface area contributed by atoms with Gasteiger partial charge in [0.25, 0.3) is 12.3 Å². The predicted octanol–water partition coefficient (Wildman–Crippen LogP) is 4.06. The summed E-state index contributed by atoms with van der Waals surface area (Å²) in [4.78, 5) is 31.5. The maximum absolute atomic E-state index is 13.8. The van der Waals surface area contributed by atoms with Gasteiger partial charge in [-0.05, 0) is 32.8 Å². The molecule has 0 bridgehead atoms. The fraction of sp³-hybridized carbons (Fsp3) is 0.391. The third-order valence-corrected chi connectivity index (χ3v) is 5.63. The van der Waals surface area contributed by atoms with Crippen molar-refractivity contribution in [1.82, 2.24) is 19.5 Å². The van der Waals surface area contributed by atoms with E-state index in [2.05, 4.69) is 10.1 Å². The lowest BCUT2D eigenvalue weighted by Crippen LogP contribution is -2.42. The van der Waals surface area contributed by atoms with E-state index in [4.69, 9.17) is 4.74 Å². The average molecular weight is 442 g/mol. The van der Waals surface area contributed by atoms with Crippen molar-refractivity contribution in [3.05, 3.63) is 53.3 Å². The van der Waals surface area contributed by atoms with Crippen LogP contribution in [0, 0.1) is 12.8 Å². The van der Waals surface area contributed by atoms with Gasteiger partial charge in [0.2, 0.25) is 0 Å². The van der Waals surface area contributed by atoms with Crippen molar-refractivity contribution in [2.75, 3.05) is 19.7 Å². The Balaban J connectivity index is 1.72. The molecule has 3 heterocycles. The molecular formula is C23H24F2N4O3. The van der Waals surface area contributed by atoms with Gasteiger partial charge in [-0.3, -0.25) is 9.59 Å². The van der Waals surface area contributed by atoms with Crippen LogP contribution in [0.4, 0.5) is 8.78 Å². The Morgan fingerprint density at radius 2 is 2.00 bits per heavy atom. The third-order valence-electron chi connectivity index (χ3n) is 5.63. The average Bonchev–Trinajstić information content (AvgIpc) is 3.22. The summed E-state index contributed by atoms with van der Waals surface area (Å²) in [7, 11) is 0. The van der Waals surface area contributed by atoms with Crippen LogP contribution in [0.15, 0.2) is 36.5 Å². The highest BCUT2D eigenvalue weighted by molar-refractivity contribution is 6.00. The molecule has 0 spiro atoms. The maximum Gasteiger partial charge on any atom is 0.310 e. The molecule has 1 aliphatic rings. The number of aromatic nitrogens is 3. The zero-order valence-electron chi connectivity index (χ0n) is 17.9. The number of carbonyl (C=O) groups is 2. The molecule has 3 aromatic rings. The lowest BCUT2D eigenvalue weighted by molar-refractivity contribution is -0.149. The summed E-state index contributed by atoms with van der Waals surface area (Å²) in [6, 6.07) is 8.64. The number of rotatable bonds is 5. The van der Waals surface area contributed by atoms with Crippen molar-refractivity contribution in [3.63, 3.8) is 0 Å². The predicted molar refractivity (Wildman–Crippen MR) is 113 cm³/mol. The minimum atomic E-state index is -2.80. The second-order valence-corrected chi connectivity index (χ2v) is 7.87. The van der Waals surface area contributed by atoms with Crippen molar-refractivity contribution in [2.45, 2.75) is 33.1 Å². The van der Waals surface area contributed by atoms with E-state index in [-0.39, 0.29) is 41.9 Å². The first kappa shape index (κ1) is 21.9. The maximum atomic E-state index is 13.8. The molecule has 0 radical (unpaired) electrons. The summed E-state index contributed by atoms with van der Waals surface area (Å²) < 4.78 is 33.7. The van der Waals surface area contributed by atoms with Crippen molar-refractivity contribution in [2.24, 2.45) is 5.92 Å². The smallest absolute Gasteiger partial charge is 0.310 e. The largest absolute Gasteiger partial charge is 0.466 e. The Kier molecular flexibility index (Phi) is 6.16. The molecule has 1 aliphatic heterocycles. The van der Waals surface area contributed by atoms with E-state index < -0.39 is 12.3 Å². The fourth-order valence-electron chi connectivity index (χ4n) is 3.95. The van der Waals surface area contributed by atoms with E-state index in [9.17, 15) is 18.4 Å². The van der Waals surface area contributed by atoms with E-state index in [1.165, 1.54) is 12.3 Å². The number of nitrogens with zero attached hydrogens (tertiary/aromatic N) is 4. The highest BCUT2D eigenvalue weighted by Crippen LogP contribution is 2.28. The summed E-state index contributed by atoms with van der Waals surface area (Å²) in [6.07, 6.45) is -0.235. The normalized spacial score (nSPS) is 16.5. The number of benzene rings is 1. The summed E-state index contributed by atoms with van der Waals surface area (Å²) in [6.45, 7) is 4.63. The van der Waals surface area contributed by atoms with E-state index in [1.54, 1.807) is 24.0 Å². The minimum Gasteiger partial charge on any atom is -0.466 e. The van der Waals surface area contributed by atoms with Crippen LogP contribution in [0.3, 0.4) is 0 Å². The number of esters is 1. The number of ether oxygens (including phenoxy) is 1. The van der Waals surface area contributed by atoms with Crippen LogP contribution < -0.4 is 0 Å². The van der Waals surface area contributed by atoms with Crippen LogP contribution in [0.1, 0.15) is 47.8 Å². The molecule has 168 valence electrons. The molecule has 7 nitrogen and oxygen atoms in total. The molecule has 2 aromatic heterocycles. The zero-order chi connectivity index (χ0) is 22.8. The zero-order valence-corrected chi connectivity index (χ0v) is 17.9. The molecule has 32 heavy (non-hydrogen) atoms. The molecule has 9 heteroatoms. The second-order valence-electron chi connectivity index (χ2n) is 7.87. The van der Waals surface area contributed by atoms with Gasteiger partial charge in [0.15, 0.2) is 5.65 Å². The first-order valence-corrected chi connectivity index (χ1v) is 10.6. The van der Waals surface area contributed by atoms with Gasteiger partial charge in [0.05, 0.1) is 24.4 Å². The first-order chi connectivity index (χ1) is 15.4. The van der Waals surface area contributed by atoms with Gasteiger partial charge in [-0.2, -0.15) is 5.10 Å². The SMILES string of the molecule is CCOC(=O)[C@@H]1CCCN(C(=O)c2cnn3c(C(F)F)cc(-c4ccc(C)cc4)nc23)C1. The molecule has 0 saturated carbocycles. The number of aryl methyl sites for hydroxylation is 1. The number of alkyl halides is 2. The number of likely N-dealkylation sites (tertiary alicyclic amines) is 1. The van der Waals surface area contributed by atoms with Gasteiger partial charge in [0.1, 0.15) is 11.3 Å². The van der Waals surface area contributed by atoms with Crippen LogP contribution >= 0.6 is 0 Å². The number of hydrogen-bond acceptors (Lipinski definition) is 5. The number of hydrogen-bond donors (Lipinski definition) is 0. The van der Waals surface area contributed by atoms with Crippen LogP contribution in [0.25, 0.3) is 16.9 Å². The number of carbonyl (C=O) groups excluding carboxylic acids is 2. The fourth-order valence-corrected chi connectivity index (χ4v) is 3.95. The van der Waals surface area contributed by atoms with E-state index >= 15 is 0 Å². The molecule has 0 unspecified atom stereocenters. The minimum absolute atomic E-state index is 0.0710.